The molecule has 0 aromatic heterocycles. The minimum Gasteiger partial charge on any atom is -0.355 e. The lowest BCUT2D eigenvalue weighted by molar-refractivity contribution is -0.137. The van der Waals surface area contributed by atoms with Crippen LogP contribution in [-0.4, -0.2) is 6.21 Å². The van der Waals surface area contributed by atoms with Crippen LogP contribution < -0.4 is 5.32 Å². The second-order valence-corrected chi connectivity index (χ2v) is 4.92. The predicted octanol–water partition coefficient (Wildman–Crippen LogP) is 5.34. The van der Waals surface area contributed by atoms with Crippen molar-refractivity contribution in [2.45, 2.75) is 11.5 Å². The first-order chi connectivity index (χ1) is 9.95. The van der Waals surface area contributed by atoms with E-state index < -0.39 is 11.7 Å². The lowest BCUT2D eigenvalue weighted by Crippen LogP contribution is -2.05. The van der Waals surface area contributed by atoms with Gasteiger partial charge in [-0.3, -0.25) is 0 Å². The highest BCUT2D eigenvalue weighted by Gasteiger charge is 2.29. The maximum atomic E-state index is 12.5. The number of alkyl halides is 4. The van der Waals surface area contributed by atoms with E-state index in [1.165, 1.54) is 18.3 Å². The Morgan fingerprint density at radius 3 is 2.29 bits per heavy atom. The van der Waals surface area contributed by atoms with Gasteiger partial charge < -0.3 is 10.7 Å². The molecule has 0 radical (unpaired) electrons. The standard InChI is InChI=1S/C15H12BrF3N2/c16-8-10-2-1-3-11(9-20)14(10)21-13-6-4-12(5-7-13)15(17,18)19/h1-7,9,20-21H,8H2. The minimum atomic E-state index is -4.34. The molecule has 0 amide bonds. The van der Waals surface area contributed by atoms with Crippen molar-refractivity contribution in [3.63, 3.8) is 0 Å². The quantitative estimate of drug-likeness (QED) is 0.562. The van der Waals surface area contributed by atoms with E-state index in [0.29, 0.717) is 22.3 Å². The van der Waals surface area contributed by atoms with Gasteiger partial charge in [-0.15, -0.1) is 0 Å². The van der Waals surface area contributed by atoms with Crippen molar-refractivity contribution in [3.8, 4) is 0 Å². The number of hydrogen-bond acceptors (Lipinski definition) is 2. The molecule has 0 atom stereocenters. The molecule has 2 nitrogen and oxygen atoms in total. The predicted molar refractivity (Wildman–Crippen MR) is 81.7 cm³/mol. The molecule has 21 heavy (non-hydrogen) atoms. The normalized spacial score (nSPS) is 11.2. The minimum absolute atomic E-state index is 0.541. The Balaban J connectivity index is 2.32. The lowest BCUT2D eigenvalue weighted by Gasteiger charge is -2.14. The zero-order valence-corrected chi connectivity index (χ0v) is 12.4. The fraction of sp³-hybridized carbons (Fsp3) is 0.133. The third kappa shape index (κ3) is 3.64. The topological polar surface area (TPSA) is 35.9 Å². The first kappa shape index (κ1) is 15.6. The second-order valence-electron chi connectivity index (χ2n) is 4.36. The average Bonchev–Trinajstić information content (AvgIpc) is 2.47. The van der Waals surface area contributed by atoms with Crippen molar-refractivity contribution < 1.29 is 13.2 Å². The summed E-state index contributed by atoms with van der Waals surface area (Å²) in [5.74, 6) is 0. The molecule has 0 heterocycles. The molecule has 110 valence electrons. The summed E-state index contributed by atoms with van der Waals surface area (Å²) in [6.07, 6.45) is -3.13. The van der Waals surface area contributed by atoms with E-state index in [-0.39, 0.29) is 0 Å². The van der Waals surface area contributed by atoms with Gasteiger partial charge >= 0.3 is 6.18 Å². The van der Waals surface area contributed by atoms with Crippen LogP contribution in [0.2, 0.25) is 0 Å². The number of para-hydroxylation sites is 1. The fourth-order valence-electron chi connectivity index (χ4n) is 1.89. The number of hydrogen-bond donors (Lipinski definition) is 2. The van der Waals surface area contributed by atoms with Gasteiger partial charge in [0.05, 0.1) is 11.3 Å². The van der Waals surface area contributed by atoms with Crippen LogP contribution in [0.1, 0.15) is 16.7 Å². The third-order valence-corrected chi connectivity index (χ3v) is 3.57. The van der Waals surface area contributed by atoms with E-state index in [4.69, 9.17) is 5.41 Å². The largest absolute Gasteiger partial charge is 0.416 e. The summed E-state index contributed by atoms with van der Waals surface area (Å²) in [5.41, 5.74) is 2.17. The molecule has 0 spiro atoms. The highest BCUT2D eigenvalue weighted by atomic mass is 79.9. The Bertz CT molecular complexity index is 636. The van der Waals surface area contributed by atoms with E-state index in [9.17, 15) is 13.2 Å². The zero-order chi connectivity index (χ0) is 15.5. The maximum Gasteiger partial charge on any atom is 0.416 e. The molecule has 0 saturated carbocycles. The first-order valence-corrected chi connectivity index (χ1v) is 7.20. The van der Waals surface area contributed by atoms with Crippen molar-refractivity contribution in [3.05, 3.63) is 59.2 Å². The van der Waals surface area contributed by atoms with Crippen LogP contribution in [0.15, 0.2) is 42.5 Å². The number of halogens is 4. The van der Waals surface area contributed by atoms with Gasteiger partial charge in [0.25, 0.3) is 0 Å². The van der Waals surface area contributed by atoms with Crippen molar-refractivity contribution in [1.29, 1.82) is 5.41 Å². The average molecular weight is 357 g/mol. The monoisotopic (exact) mass is 356 g/mol. The Morgan fingerprint density at radius 2 is 1.76 bits per heavy atom. The van der Waals surface area contributed by atoms with Crippen LogP contribution in [0, 0.1) is 5.41 Å². The summed E-state index contributed by atoms with van der Waals surface area (Å²) in [7, 11) is 0. The molecule has 6 heteroatoms. The number of anilines is 2. The van der Waals surface area contributed by atoms with E-state index in [2.05, 4.69) is 21.2 Å². The van der Waals surface area contributed by atoms with Crippen LogP contribution in [0.25, 0.3) is 0 Å². The van der Waals surface area contributed by atoms with Crippen molar-refractivity contribution >= 4 is 33.5 Å². The van der Waals surface area contributed by atoms with Gasteiger partial charge in [0.1, 0.15) is 0 Å². The number of benzene rings is 2. The van der Waals surface area contributed by atoms with E-state index >= 15 is 0 Å². The Morgan fingerprint density at radius 1 is 1.10 bits per heavy atom. The Labute approximate surface area is 128 Å². The van der Waals surface area contributed by atoms with Gasteiger partial charge in [-0.05, 0) is 29.8 Å². The summed E-state index contributed by atoms with van der Waals surface area (Å²) in [5, 5.41) is 11.1. The molecular formula is C15H12BrF3N2. The van der Waals surface area contributed by atoms with Gasteiger partial charge in [-0.25, -0.2) is 0 Å². The molecule has 2 N–H and O–H groups in total. The molecule has 0 bridgehead atoms. The molecule has 2 rings (SSSR count). The molecule has 0 aliphatic rings. The smallest absolute Gasteiger partial charge is 0.355 e. The molecule has 2 aromatic rings. The van der Waals surface area contributed by atoms with Gasteiger partial charge in [-0.1, -0.05) is 34.1 Å². The molecule has 0 fully saturated rings. The van der Waals surface area contributed by atoms with Crippen LogP contribution >= 0.6 is 15.9 Å². The summed E-state index contributed by atoms with van der Waals surface area (Å²) in [6, 6.07) is 10.3. The van der Waals surface area contributed by atoms with Gasteiger partial charge in [0, 0.05) is 22.8 Å². The van der Waals surface area contributed by atoms with Gasteiger partial charge in [-0.2, -0.15) is 13.2 Å². The van der Waals surface area contributed by atoms with Crippen molar-refractivity contribution in [2.24, 2.45) is 0 Å². The van der Waals surface area contributed by atoms with Gasteiger partial charge in [0.15, 0.2) is 0 Å². The Hall–Kier alpha value is -1.82. The van der Waals surface area contributed by atoms with E-state index in [1.54, 1.807) is 6.07 Å². The maximum absolute atomic E-state index is 12.5. The molecule has 0 aliphatic heterocycles. The second kappa shape index (κ2) is 6.30. The SMILES string of the molecule is N=Cc1cccc(CBr)c1Nc1ccc(C(F)(F)F)cc1. The lowest BCUT2D eigenvalue weighted by atomic mass is 10.1. The van der Waals surface area contributed by atoms with Crippen LogP contribution in [-0.2, 0) is 11.5 Å². The summed E-state index contributed by atoms with van der Waals surface area (Å²) < 4.78 is 37.6. The summed E-state index contributed by atoms with van der Waals surface area (Å²) >= 11 is 3.36. The van der Waals surface area contributed by atoms with Gasteiger partial charge in [0.2, 0.25) is 0 Å². The summed E-state index contributed by atoms with van der Waals surface area (Å²) in [4.78, 5) is 0. The zero-order valence-electron chi connectivity index (χ0n) is 10.8. The molecule has 2 aromatic carbocycles. The first-order valence-electron chi connectivity index (χ1n) is 6.08. The third-order valence-electron chi connectivity index (χ3n) is 2.96. The Kier molecular flexibility index (Phi) is 4.67. The molecule has 0 aliphatic carbocycles. The number of nitrogens with one attached hydrogen (secondary N) is 2. The highest BCUT2D eigenvalue weighted by molar-refractivity contribution is 9.08. The van der Waals surface area contributed by atoms with Crippen LogP contribution in [0.3, 0.4) is 0 Å². The highest BCUT2D eigenvalue weighted by Crippen LogP contribution is 2.31. The summed E-state index contributed by atoms with van der Waals surface area (Å²) in [6.45, 7) is 0. The van der Waals surface area contributed by atoms with Crippen molar-refractivity contribution in [1.82, 2.24) is 0 Å². The molecular weight excluding hydrogens is 345 g/mol. The number of rotatable bonds is 4. The molecule has 0 saturated heterocycles. The fourth-order valence-corrected chi connectivity index (χ4v) is 2.36. The van der Waals surface area contributed by atoms with Crippen LogP contribution in [0.4, 0.5) is 24.5 Å². The van der Waals surface area contributed by atoms with E-state index in [0.717, 1.165) is 17.7 Å². The van der Waals surface area contributed by atoms with Crippen LogP contribution in [0.5, 0.6) is 0 Å². The van der Waals surface area contributed by atoms with Crippen molar-refractivity contribution in [2.75, 3.05) is 5.32 Å². The van der Waals surface area contributed by atoms with E-state index in [1.807, 2.05) is 12.1 Å². The molecule has 0 unspecified atom stereocenters.